The number of rotatable bonds is 1. The van der Waals surface area contributed by atoms with Gasteiger partial charge in [-0.25, -0.2) is 14.6 Å². The maximum Gasteiger partial charge on any atom is 0.330 e. The molecule has 0 aromatic heterocycles. The van der Waals surface area contributed by atoms with E-state index >= 15 is 0 Å². The van der Waals surface area contributed by atoms with Gasteiger partial charge in [0, 0.05) is 6.07 Å². The Morgan fingerprint density at radius 1 is 1.33 bits per heavy atom. The van der Waals surface area contributed by atoms with Gasteiger partial charge in [0.2, 0.25) is 0 Å². The lowest BCUT2D eigenvalue weighted by molar-refractivity contribution is 0.0934. The van der Waals surface area contributed by atoms with Crippen molar-refractivity contribution in [2.45, 2.75) is 0 Å². The van der Waals surface area contributed by atoms with Gasteiger partial charge in [-0.3, -0.25) is 10.2 Å². The molecule has 0 heterocycles. The van der Waals surface area contributed by atoms with Crippen LogP contribution in [0.4, 0.5) is 9.18 Å². The van der Waals surface area contributed by atoms with Gasteiger partial charge in [-0.15, -0.1) is 0 Å². The van der Waals surface area contributed by atoms with E-state index in [9.17, 15) is 19.1 Å². The van der Waals surface area contributed by atoms with Crippen LogP contribution >= 0.6 is 0 Å². The summed E-state index contributed by atoms with van der Waals surface area (Å²) in [6, 6.07) is 1.89. The molecule has 0 aliphatic rings. The number of carbonyl (C=O) groups excluding carboxylic acids is 2. The van der Waals surface area contributed by atoms with Crippen molar-refractivity contribution in [3.8, 4) is 5.75 Å². The average Bonchev–Trinajstić information content (AvgIpc) is 2.14. The van der Waals surface area contributed by atoms with Crippen LogP contribution in [0.15, 0.2) is 18.2 Å². The molecule has 0 atom stereocenters. The molecule has 3 amide bonds. The zero-order chi connectivity index (χ0) is 11.4. The van der Waals surface area contributed by atoms with E-state index in [1.165, 1.54) is 0 Å². The minimum Gasteiger partial charge on any atom is -0.507 e. The van der Waals surface area contributed by atoms with Gasteiger partial charge in [-0.1, -0.05) is 0 Å². The van der Waals surface area contributed by atoms with Crippen molar-refractivity contribution in [1.82, 2.24) is 10.9 Å². The molecule has 0 aliphatic carbocycles. The summed E-state index contributed by atoms with van der Waals surface area (Å²) in [7, 11) is 0. The first kappa shape index (κ1) is 10.8. The molecule has 0 aliphatic heterocycles. The molecule has 5 N–H and O–H groups in total. The zero-order valence-electron chi connectivity index (χ0n) is 7.45. The lowest BCUT2D eigenvalue weighted by Crippen LogP contribution is -2.44. The number of hydrogen-bond donors (Lipinski definition) is 4. The van der Waals surface area contributed by atoms with E-state index in [2.05, 4.69) is 0 Å². The molecule has 15 heavy (non-hydrogen) atoms. The second kappa shape index (κ2) is 4.27. The van der Waals surface area contributed by atoms with Crippen molar-refractivity contribution in [3.05, 3.63) is 29.6 Å². The summed E-state index contributed by atoms with van der Waals surface area (Å²) in [6.07, 6.45) is 0. The summed E-state index contributed by atoms with van der Waals surface area (Å²) >= 11 is 0. The molecule has 1 aromatic rings. The molecule has 0 spiro atoms. The lowest BCUT2D eigenvalue weighted by Gasteiger charge is -2.06. The van der Waals surface area contributed by atoms with E-state index in [4.69, 9.17) is 5.73 Å². The van der Waals surface area contributed by atoms with Gasteiger partial charge in [0.1, 0.15) is 11.6 Å². The number of phenols is 1. The Morgan fingerprint density at radius 2 is 2.00 bits per heavy atom. The molecule has 0 fully saturated rings. The predicted molar refractivity (Wildman–Crippen MR) is 48.3 cm³/mol. The van der Waals surface area contributed by atoms with Crippen LogP contribution in [0.1, 0.15) is 10.4 Å². The van der Waals surface area contributed by atoms with Gasteiger partial charge in [-0.2, -0.15) is 0 Å². The molecule has 0 radical (unpaired) electrons. The Balaban J connectivity index is 2.78. The van der Waals surface area contributed by atoms with Crippen molar-refractivity contribution in [3.63, 3.8) is 0 Å². The summed E-state index contributed by atoms with van der Waals surface area (Å²) in [5.41, 5.74) is 8.25. The molecule has 7 heteroatoms. The molecule has 0 saturated heterocycles. The topological polar surface area (TPSA) is 104 Å². The van der Waals surface area contributed by atoms with E-state index in [1.807, 2.05) is 10.9 Å². The number of nitrogens with two attached hydrogens (primary N) is 1. The number of benzene rings is 1. The van der Waals surface area contributed by atoms with Crippen LogP contribution in [0, 0.1) is 5.82 Å². The van der Waals surface area contributed by atoms with Crippen molar-refractivity contribution in [2.75, 3.05) is 0 Å². The normalized spacial score (nSPS) is 9.40. The minimum absolute atomic E-state index is 0.176. The summed E-state index contributed by atoms with van der Waals surface area (Å²) in [5.74, 6) is -2.00. The number of carbonyl (C=O) groups is 2. The lowest BCUT2D eigenvalue weighted by atomic mass is 10.2. The predicted octanol–water partition coefficient (Wildman–Crippen LogP) is -0.156. The highest BCUT2D eigenvalue weighted by molar-refractivity contribution is 5.97. The van der Waals surface area contributed by atoms with Gasteiger partial charge < -0.3 is 10.8 Å². The number of primary amides is 1. The third kappa shape index (κ3) is 2.83. The quantitative estimate of drug-likeness (QED) is 0.487. The first-order chi connectivity index (χ1) is 7.00. The summed E-state index contributed by atoms with van der Waals surface area (Å²) in [6.45, 7) is 0. The Labute approximate surface area is 83.9 Å². The molecule has 1 rings (SSSR count). The van der Waals surface area contributed by atoms with E-state index in [-0.39, 0.29) is 5.56 Å². The number of halogens is 1. The summed E-state index contributed by atoms with van der Waals surface area (Å²) in [5, 5.41) is 9.18. The molecule has 0 saturated carbocycles. The largest absolute Gasteiger partial charge is 0.507 e. The van der Waals surface area contributed by atoms with Gasteiger partial charge in [-0.05, 0) is 12.1 Å². The van der Waals surface area contributed by atoms with Crippen molar-refractivity contribution in [2.24, 2.45) is 5.73 Å². The number of aromatic hydroxyl groups is 1. The molecular weight excluding hydrogens is 205 g/mol. The smallest absolute Gasteiger partial charge is 0.330 e. The third-order valence-corrected chi connectivity index (χ3v) is 1.50. The van der Waals surface area contributed by atoms with Crippen molar-refractivity contribution >= 4 is 11.9 Å². The maximum absolute atomic E-state index is 12.5. The highest BCUT2D eigenvalue weighted by Gasteiger charge is 2.11. The highest BCUT2D eigenvalue weighted by Crippen LogP contribution is 2.17. The number of urea groups is 1. The van der Waals surface area contributed by atoms with Crippen LogP contribution in [0.3, 0.4) is 0 Å². The fourth-order valence-corrected chi connectivity index (χ4v) is 0.883. The van der Waals surface area contributed by atoms with E-state index in [0.717, 1.165) is 18.2 Å². The molecular formula is C8H8FN3O3. The zero-order valence-corrected chi connectivity index (χ0v) is 7.45. The fraction of sp³-hybridized carbons (Fsp3) is 0. The van der Waals surface area contributed by atoms with Crippen LogP contribution < -0.4 is 16.6 Å². The second-order valence-electron chi connectivity index (χ2n) is 2.60. The van der Waals surface area contributed by atoms with E-state index < -0.39 is 23.5 Å². The number of phenolic OH excluding ortho intramolecular Hbond substituents is 1. The maximum atomic E-state index is 12.5. The Morgan fingerprint density at radius 3 is 2.53 bits per heavy atom. The first-order valence-corrected chi connectivity index (χ1v) is 3.85. The SMILES string of the molecule is NC(=O)NNC(=O)c1ccc(F)cc1O. The standard InChI is InChI=1S/C8H8FN3O3/c9-4-1-2-5(6(13)3-4)7(14)11-12-8(10)15/h1-3,13H,(H,11,14)(H3,10,12,15). The van der Waals surface area contributed by atoms with Crippen LogP contribution in [0.5, 0.6) is 5.75 Å². The van der Waals surface area contributed by atoms with E-state index in [1.54, 1.807) is 0 Å². The average molecular weight is 213 g/mol. The first-order valence-electron chi connectivity index (χ1n) is 3.85. The molecule has 1 aromatic carbocycles. The van der Waals surface area contributed by atoms with Gasteiger partial charge in [0.25, 0.3) is 5.91 Å². The molecule has 6 nitrogen and oxygen atoms in total. The van der Waals surface area contributed by atoms with Crippen molar-refractivity contribution in [1.29, 1.82) is 0 Å². The van der Waals surface area contributed by atoms with Gasteiger partial charge >= 0.3 is 6.03 Å². The molecule has 0 unspecified atom stereocenters. The van der Waals surface area contributed by atoms with Crippen LogP contribution in [-0.4, -0.2) is 17.0 Å². The van der Waals surface area contributed by atoms with Gasteiger partial charge in [0.05, 0.1) is 5.56 Å². The summed E-state index contributed by atoms with van der Waals surface area (Å²) in [4.78, 5) is 21.5. The van der Waals surface area contributed by atoms with Crippen LogP contribution in [-0.2, 0) is 0 Å². The van der Waals surface area contributed by atoms with Gasteiger partial charge in [0.15, 0.2) is 0 Å². The second-order valence-corrected chi connectivity index (χ2v) is 2.60. The number of hydrogen-bond acceptors (Lipinski definition) is 3. The van der Waals surface area contributed by atoms with Crippen LogP contribution in [0.25, 0.3) is 0 Å². The summed E-state index contributed by atoms with van der Waals surface area (Å²) < 4.78 is 12.5. The number of nitrogens with one attached hydrogen (secondary N) is 2. The van der Waals surface area contributed by atoms with E-state index in [0.29, 0.717) is 0 Å². The Hall–Kier alpha value is -2.31. The number of hydrazine groups is 1. The number of amides is 3. The fourth-order valence-electron chi connectivity index (χ4n) is 0.883. The molecule has 80 valence electrons. The minimum atomic E-state index is -0.954. The molecule has 0 bridgehead atoms. The Kier molecular flexibility index (Phi) is 3.06. The third-order valence-electron chi connectivity index (χ3n) is 1.50. The van der Waals surface area contributed by atoms with Crippen molar-refractivity contribution < 1.29 is 19.1 Å². The Bertz CT molecular complexity index is 408. The van der Waals surface area contributed by atoms with Crippen LogP contribution in [0.2, 0.25) is 0 Å². The highest BCUT2D eigenvalue weighted by atomic mass is 19.1. The monoisotopic (exact) mass is 213 g/mol.